The average Bonchev–Trinajstić information content (AvgIpc) is 2.16. The molecule has 0 amide bonds. The highest BCUT2D eigenvalue weighted by molar-refractivity contribution is 6.07. The molecule has 0 saturated heterocycles. The molecule has 0 aliphatic carbocycles. The van der Waals surface area contributed by atoms with Crippen LogP contribution in [-0.4, -0.2) is 28.9 Å². The Hall–Kier alpha value is -0.940. The van der Waals surface area contributed by atoms with Crippen LogP contribution in [-0.2, 0) is 9.59 Å². The van der Waals surface area contributed by atoms with Crippen molar-refractivity contribution in [3.8, 4) is 0 Å². The van der Waals surface area contributed by atoms with Crippen molar-refractivity contribution in [3.05, 3.63) is 0 Å². The van der Waals surface area contributed by atoms with Crippen molar-refractivity contribution in [2.45, 2.75) is 38.1 Å². The van der Waals surface area contributed by atoms with E-state index in [9.17, 15) is 9.59 Å². The van der Waals surface area contributed by atoms with E-state index in [4.69, 9.17) is 16.6 Å². The van der Waals surface area contributed by atoms with Gasteiger partial charge in [-0.25, -0.2) is 4.79 Å². The molecule has 0 aromatic rings. The molecule has 82 valence electrons. The maximum absolute atomic E-state index is 11.4. The van der Waals surface area contributed by atoms with Gasteiger partial charge in [-0.1, -0.05) is 19.8 Å². The van der Waals surface area contributed by atoms with E-state index < -0.39 is 17.3 Å². The van der Waals surface area contributed by atoms with Crippen molar-refractivity contribution >= 4 is 11.8 Å². The van der Waals surface area contributed by atoms with Crippen LogP contribution < -0.4 is 11.5 Å². The molecule has 14 heavy (non-hydrogen) atoms. The van der Waals surface area contributed by atoms with Crippen LogP contribution in [0.3, 0.4) is 0 Å². The number of unbranched alkanes of at least 4 members (excludes halogenated alkanes) is 2. The Morgan fingerprint density at radius 3 is 2.29 bits per heavy atom. The molecule has 0 heterocycles. The number of Topliss-reactive ketones (excluding diaryl/α,β-unsaturated/α-hetero) is 1. The molecule has 0 aliphatic rings. The van der Waals surface area contributed by atoms with Gasteiger partial charge < -0.3 is 16.6 Å². The largest absolute Gasteiger partial charge is 0.479 e. The highest BCUT2D eigenvalue weighted by atomic mass is 16.4. The molecule has 5 nitrogen and oxygen atoms in total. The molecular formula is C9H18N2O3. The van der Waals surface area contributed by atoms with E-state index in [1.54, 1.807) is 0 Å². The summed E-state index contributed by atoms with van der Waals surface area (Å²) in [5, 5.41) is 8.73. The Morgan fingerprint density at radius 1 is 1.36 bits per heavy atom. The number of carboxylic acids is 1. The Morgan fingerprint density at radius 2 is 1.93 bits per heavy atom. The summed E-state index contributed by atoms with van der Waals surface area (Å²) >= 11 is 0. The molecule has 0 aliphatic heterocycles. The van der Waals surface area contributed by atoms with Gasteiger partial charge in [0, 0.05) is 13.0 Å². The summed E-state index contributed by atoms with van der Waals surface area (Å²) in [5.41, 5.74) is 8.68. The minimum atomic E-state index is -1.90. The minimum absolute atomic E-state index is 0.188. The molecule has 5 heteroatoms. The van der Waals surface area contributed by atoms with Gasteiger partial charge in [-0.3, -0.25) is 4.79 Å². The van der Waals surface area contributed by atoms with Crippen molar-refractivity contribution in [1.82, 2.24) is 0 Å². The summed E-state index contributed by atoms with van der Waals surface area (Å²) in [5.74, 6) is -1.83. The number of aliphatic carboxylic acids is 1. The number of hydrogen-bond acceptors (Lipinski definition) is 4. The van der Waals surface area contributed by atoms with Crippen LogP contribution in [0, 0.1) is 0 Å². The fraction of sp³-hybridized carbons (Fsp3) is 0.778. The highest BCUT2D eigenvalue weighted by Gasteiger charge is 2.39. The van der Waals surface area contributed by atoms with Gasteiger partial charge in [-0.2, -0.15) is 0 Å². The van der Waals surface area contributed by atoms with Crippen LogP contribution in [0.15, 0.2) is 0 Å². The van der Waals surface area contributed by atoms with Crippen LogP contribution in [0.4, 0.5) is 0 Å². The van der Waals surface area contributed by atoms with Crippen LogP contribution in [0.25, 0.3) is 0 Å². The molecule has 1 unspecified atom stereocenters. The summed E-state index contributed by atoms with van der Waals surface area (Å²) in [6.07, 6.45) is 2.72. The van der Waals surface area contributed by atoms with Crippen molar-refractivity contribution in [3.63, 3.8) is 0 Å². The molecule has 0 fully saturated rings. The molecule has 0 aromatic carbocycles. The Bertz CT molecular complexity index is 218. The van der Waals surface area contributed by atoms with Crippen LogP contribution >= 0.6 is 0 Å². The SMILES string of the molecule is CCCCCC(=O)C(N)(CN)C(=O)O. The topological polar surface area (TPSA) is 106 Å². The first kappa shape index (κ1) is 13.1. The third kappa shape index (κ3) is 3.08. The summed E-state index contributed by atoms with van der Waals surface area (Å²) in [7, 11) is 0. The maximum Gasteiger partial charge on any atom is 0.332 e. The molecule has 5 N–H and O–H groups in total. The van der Waals surface area contributed by atoms with Gasteiger partial charge in [-0.15, -0.1) is 0 Å². The zero-order valence-corrected chi connectivity index (χ0v) is 8.45. The van der Waals surface area contributed by atoms with Gasteiger partial charge in [0.25, 0.3) is 0 Å². The van der Waals surface area contributed by atoms with Gasteiger partial charge in [0.2, 0.25) is 0 Å². The third-order valence-corrected chi connectivity index (χ3v) is 2.21. The molecular weight excluding hydrogens is 184 g/mol. The smallest absolute Gasteiger partial charge is 0.332 e. The molecule has 0 aromatic heterocycles. The summed E-state index contributed by atoms with van der Waals surface area (Å²) in [4.78, 5) is 22.1. The van der Waals surface area contributed by atoms with Gasteiger partial charge >= 0.3 is 5.97 Å². The summed E-state index contributed by atoms with van der Waals surface area (Å²) in [6, 6.07) is 0. The number of carbonyl (C=O) groups excluding carboxylic acids is 1. The Kier molecular flexibility index (Phi) is 5.34. The predicted molar refractivity (Wildman–Crippen MR) is 52.8 cm³/mol. The predicted octanol–water partition coefficient (Wildman–Crippen LogP) is -0.123. The average molecular weight is 202 g/mol. The van der Waals surface area contributed by atoms with E-state index >= 15 is 0 Å². The van der Waals surface area contributed by atoms with Gasteiger partial charge in [0.1, 0.15) is 0 Å². The van der Waals surface area contributed by atoms with Crippen LogP contribution in [0.5, 0.6) is 0 Å². The van der Waals surface area contributed by atoms with Crippen LogP contribution in [0.1, 0.15) is 32.6 Å². The first-order valence-corrected chi connectivity index (χ1v) is 4.74. The lowest BCUT2D eigenvalue weighted by Crippen LogP contribution is -2.60. The zero-order chi connectivity index (χ0) is 11.2. The first-order valence-electron chi connectivity index (χ1n) is 4.74. The number of hydrogen-bond donors (Lipinski definition) is 3. The van der Waals surface area contributed by atoms with E-state index in [0.717, 1.165) is 12.8 Å². The van der Waals surface area contributed by atoms with E-state index in [2.05, 4.69) is 0 Å². The number of nitrogens with two attached hydrogens (primary N) is 2. The second-order valence-electron chi connectivity index (χ2n) is 3.36. The van der Waals surface area contributed by atoms with E-state index in [-0.39, 0.29) is 13.0 Å². The quantitative estimate of drug-likeness (QED) is 0.394. The molecule has 0 bridgehead atoms. The van der Waals surface area contributed by atoms with E-state index in [1.165, 1.54) is 0 Å². The number of ketones is 1. The minimum Gasteiger partial charge on any atom is -0.479 e. The molecule has 0 spiro atoms. The monoisotopic (exact) mass is 202 g/mol. The standard InChI is InChI=1S/C9H18N2O3/c1-2-3-4-5-7(12)9(11,6-10)8(13)14/h2-6,10-11H2,1H3,(H,13,14). The molecule has 0 saturated carbocycles. The second-order valence-corrected chi connectivity index (χ2v) is 3.36. The maximum atomic E-state index is 11.4. The summed E-state index contributed by atoms with van der Waals surface area (Å²) < 4.78 is 0. The lowest BCUT2D eigenvalue weighted by atomic mass is 9.92. The number of carbonyl (C=O) groups is 2. The van der Waals surface area contributed by atoms with Gasteiger partial charge in [0.05, 0.1) is 0 Å². The lowest BCUT2D eigenvalue weighted by molar-refractivity contribution is -0.147. The molecule has 0 radical (unpaired) electrons. The van der Waals surface area contributed by atoms with Gasteiger partial charge in [-0.05, 0) is 6.42 Å². The van der Waals surface area contributed by atoms with E-state index in [1.807, 2.05) is 6.92 Å². The van der Waals surface area contributed by atoms with Crippen molar-refractivity contribution in [1.29, 1.82) is 0 Å². The normalized spacial score (nSPS) is 14.8. The first-order chi connectivity index (χ1) is 6.49. The van der Waals surface area contributed by atoms with Crippen molar-refractivity contribution in [2.75, 3.05) is 6.54 Å². The summed E-state index contributed by atoms with van der Waals surface area (Å²) in [6.45, 7) is 1.65. The third-order valence-electron chi connectivity index (χ3n) is 2.21. The van der Waals surface area contributed by atoms with Crippen molar-refractivity contribution in [2.24, 2.45) is 11.5 Å². The Balaban J connectivity index is 4.25. The van der Waals surface area contributed by atoms with Crippen LogP contribution in [0.2, 0.25) is 0 Å². The number of carboxylic acid groups (broad SMARTS) is 1. The Labute approximate surface area is 83.5 Å². The fourth-order valence-corrected chi connectivity index (χ4v) is 1.08. The second kappa shape index (κ2) is 5.72. The fourth-order valence-electron chi connectivity index (χ4n) is 1.08. The van der Waals surface area contributed by atoms with Crippen molar-refractivity contribution < 1.29 is 14.7 Å². The zero-order valence-electron chi connectivity index (χ0n) is 8.45. The highest BCUT2D eigenvalue weighted by Crippen LogP contribution is 2.08. The molecule has 0 rings (SSSR count). The van der Waals surface area contributed by atoms with E-state index in [0.29, 0.717) is 6.42 Å². The van der Waals surface area contributed by atoms with Gasteiger partial charge in [0.15, 0.2) is 11.3 Å². The number of rotatable bonds is 7. The lowest BCUT2D eigenvalue weighted by Gasteiger charge is -2.20. The molecule has 1 atom stereocenters.